The Morgan fingerprint density at radius 1 is 1.54 bits per heavy atom. The van der Waals surface area contributed by atoms with Crippen molar-refractivity contribution in [3.63, 3.8) is 0 Å². The maximum Gasteiger partial charge on any atom is 0.189 e. The van der Waals surface area contributed by atoms with Gasteiger partial charge in [-0.15, -0.1) is 0 Å². The number of hydrogen-bond acceptors (Lipinski definition) is 1. The largest absolute Gasteiger partial charge is 0.289 e. The molecule has 0 radical (unpaired) electrons. The summed E-state index contributed by atoms with van der Waals surface area (Å²) in [6, 6.07) is 5.10. The minimum atomic E-state index is -0.0885. The number of carbonyl (C=O) groups excluding carboxylic acids is 1. The Morgan fingerprint density at radius 2 is 2.15 bits per heavy atom. The van der Waals surface area contributed by atoms with Gasteiger partial charge in [0, 0.05) is 15.1 Å². The predicted molar refractivity (Wildman–Crippen MR) is 58.3 cm³/mol. The number of carbonyl (C=O) groups is 1. The molecule has 0 saturated carbocycles. The molecule has 68 valence electrons. The number of ketones is 1. The molecule has 0 aliphatic carbocycles. The Hall–Kier alpha value is -0.600. The fourth-order valence-electron chi connectivity index (χ4n) is 0.901. The van der Waals surface area contributed by atoms with Crippen molar-refractivity contribution < 1.29 is 4.79 Å². The van der Waals surface area contributed by atoms with Crippen LogP contribution >= 0.6 is 27.5 Å². The van der Waals surface area contributed by atoms with Crippen LogP contribution in [0.15, 0.2) is 34.8 Å². The van der Waals surface area contributed by atoms with Crippen LogP contribution < -0.4 is 0 Å². The summed E-state index contributed by atoms with van der Waals surface area (Å²) in [6.07, 6.45) is 0. The summed E-state index contributed by atoms with van der Waals surface area (Å²) in [4.78, 5) is 11.5. The van der Waals surface area contributed by atoms with Crippen molar-refractivity contribution in [2.45, 2.75) is 6.92 Å². The molecule has 0 heterocycles. The Labute approximate surface area is 90.5 Å². The molecule has 1 aromatic carbocycles. The van der Waals surface area contributed by atoms with Crippen molar-refractivity contribution >= 4 is 33.3 Å². The predicted octanol–water partition coefficient (Wildman–Crippen LogP) is 3.86. The highest BCUT2D eigenvalue weighted by atomic mass is 79.9. The molecule has 1 nitrogen and oxygen atoms in total. The van der Waals surface area contributed by atoms with E-state index in [1.54, 1.807) is 25.1 Å². The quantitative estimate of drug-likeness (QED) is 0.582. The van der Waals surface area contributed by atoms with Gasteiger partial charge in [-0.3, -0.25) is 4.79 Å². The van der Waals surface area contributed by atoms with Crippen LogP contribution in [0.5, 0.6) is 0 Å². The SMILES string of the molecule is C=C(C)C(=O)c1cc(Cl)ccc1Br. The van der Waals surface area contributed by atoms with Gasteiger partial charge in [0.05, 0.1) is 0 Å². The molecule has 0 unspecified atom stereocenters. The van der Waals surface area contributed by atoms with E-state index in [1.807, 2.05) is 0 Å². The van der Waals surface area contributed by atoms with Crippen molar-refractivity contribution in [1.82, 2.24) is 0 Å². The fraction of sp³-hybridized carbons (Fsp3) is 0.100. The first-order chi connectivity index (χ1) is 6.02. The summed E-state index contributed by atoms with van der Waals surface area (Å²) >= 11 is 9.04. The van der Waals surface area contributed by atoms with E-state index in [4.69, 9.17) is 11.6 Å². The Kier molecular flexibility index (Phi) is 3.28. The molecular formula is C10H8BrClO. The molecule has 3 heteroatoms. The zero-order valence-corrected chi connectivity index (χ0v) is 9.45. The highest BCUT2D eigenvalue weighted by Gasteiger charge is 2.10. The van der Waals surface area contributed by atoms with Gasteiger partial charge in [0.1, 0.15) is 0 Å². The Morgan fingerprint density at radius 3 is 2.69 bits per heavy atom. The summed E-state index contributed by atoms with van der Waals surface area (Å²) in [7, 11) is 0. The van der Waals surface area contributed by atoms with Gasteiger partial charge in [0.15, 0.2) is 5.78 Å². The van der Waals surface area contributed by atoms with Gasteiger partial charge in [-0.25, -0.2) is 0 Å². The minimum Gasteiger partial charge on any atom is -0.289 e. The lowest BCUT2D eigenvalue weighted by Gasteiger charge is -2.02. The maximum absolute atomic E-state index is 11.5. The van der Waals surface area contributed by atoms with Gasteiger partial charge in [0.25, 0.3) is 0 Å². The van der Waals surface area contributed by atoms with E-state index >= 15 is 0 Å². The van der Waals surface area contributed by atoms with E-state index in [0.29, 0.717) is 16.2 Å². The van der Waals surface area contributed by atoms with Crippen molar-refractivity contribution in [3.8, 4) is 0 Å². The molecule has 0 atom stereocenters. The van der Waals surface area contributed by atoms with E-state index in [2.05, 4.69) is 22.5 Å². The number of rotatable bonds is 2. The molecule has 0 spiro atoms. The van der Waals surface area contributed by atoms with Crippen LogP contribution in [0.25, 0.3) is 0 Å². The lowest BCUT2D eigenvalue weighted by molar-refractivity contribution is 0.103. The molecule has 0 N–H and O–H groups in total. The maximum atomic E-state index is 11.5. The molecule has 0 aliphatic rings. The van der Waals surface area contributed by atoms with E-state index in [1.165, 1.54) is 0 Å². The van der Waals surface area contributed by atoms with Crippen molar-refractivity contribution in [2.24, 2.45) is 0 Å². The van der Waals surface area contributed by atoms with Crippen LogP contribution in [0.1, 0.15) is 17.3 Å². The second kappa shape index (κ2) is 4.07. The molecule has 13 heavy (non-hydrogen) atoms. The Bertz CT molecular complexity index is 371. The lowest BCUT2D eigenvalue weighted by Crippen LogP contribution is -2.00. The summed E-state index contributed by atoms with van der Waals surface area (Å²) in [5.41, 5.74) is 1.06. The highest BCUT2D eigenvalue weighted by molar-refractivity contribution is 9.10. The number of Topliss-reactive ketones (excluding diaryl/α,β-unsaturated/α-hetero) is 1. The molecule has 0 fully saturated rings. The zero-order valence-electron chi connectivity index (χ0n) is 7.10. The fourth-order valence-corrected chi connectivity index (χ4v) is 1.50. The molecule has 0 amide bonds. The van der Waals surface area contributed by atoms with Crippen LogP contribution in [0, 0.1) is 0 Å². The second-order valence-corrected chi connectivity index (χ2v) is 4.02. The van der Waals surface area contributed by atoms with Crippen LogP contribution in [-0.2, 0) is 0 Å². The van der Waals surface area contributed by atoms with Crippen molar-refractivity contribution in [3.05, 3.63) is 45.4 Å². The molecule has 0 aliphatic heterocycles. The topological polar surface area (TPSA) is 17.1 Å². The van der Waals surface area contributed by atoms with Gasteiger partial charge >= 0.3 is 0 Å². The smallest absolute Gasteiger partial charge is 0.189 e. The second-order valence-electron chi connectivity index (χ2n) is 2.73. The van der Waals surface area contributed by atoms with E-state index in [0.717, 1.165) is 4.47 Å². The number of halogens is 2. The van der Waals surface area contributed by atoms with Crippen molar-refractivity contribution in [1.29, 1.82) is 0 Å². The molecule has 0 bridgehead atoms. The molecule has 1 aromatic rings. The average Bonchev–Trinajstić information content (AvgIpc) is 2.08. The third-order valence-electron chi connectivity index (χ3n) is 1.56. The Balaban J connectivity index is 3.21. The van der Waals surface area contributed by atoms with Crippen LogP contribution in [-0.4, -0.2) is 5.78 Å². The monoisotopic (exact) mass is 258 g/mol. The molecule has 0 aromatic heterocycles. The third-order valence-corrected chi connectivity index (χ3v) is 2.49. The van der Waals surface area contributed by atoms with Gasteiger partial charge in [0.2, 0.25) is 0 Å². The normalized spacial score (nSPS) is 9.77. The van der Waals surface area contributed by atoms with E-state index < -0.39 is 0 Å². The van der Waals surface area contributed by atoms with E-state index in [-0.39, 0.29) is 5.78 Å². The highest BCUT2D eigenvalue weighted by Crippen LogP contribution is 2.23. The summed E-state index contributed by atoms with van der Waals surface area (Å²) in [6.45, 7) is 5.27. The summed E-state index contributed by atoms with van der Waals surface area (Å²) in [5, 5.41) is 0.549. The first-order valence-electron chi connectivity index (χ1n) is 3.67. The number of hydrogen-bond donors (Lipinski definition) is 0. The minimum absolute atomic E-state index is 0.0885. The first kappa shape index (κ1) is 10.5. The third kappa shape index (κ3) is 2.42. The zero-order chi connectivity index (χ0) is 10.0. The van der Waals surface area contributed by atoms with Crippen molar-refractivity contribution in [2.75, 3.05) is 0 Å². The van der Waals surface area contributed by atoms with Crippen LogP contribution in [0.3, 0.4) is 0 Å². The van der Waals surface area contributed by atoms with Crippen LogP contribution in [0.2, 0.25) is 5.02 Å². The van der Waals surface area contributed by atoms with Crippen LogP contribution in [0.4, 0.5) is 0 Å². The molecule has 1 rings (SSSR count). The standard InChI is InChI=1S/C10H8BrClO/c1-6(2)10(13)8-5-7(12)3-4-9(8)11/h3-5H,1H2,2H3. The van der Waals surface area contributed by atoms with Gasteiger partial charge in [-0.2, -0.15) is 0 Å². The summed E-state index contributed by atoms with van der Waals surface area (Å²) in [5.74, 6) is -0.0885. The average molecular weight is 260 g/mol. The first-order valence-corrected chi connectivity index (χ1v) is 4.84. The summed E-state index contributed by atoms with van der Waals surface area (Å²) < 4.78 is 0.741. The molecule has 0 saturated heterocycles. The molecular weight excluding hydrogens is 251 g/mol. The van der Waals surface area contributed by atoms with Gasteiger partial charge < -0.3 is 0 Å². The van der Waals surface area contributed by atoms with Gasteiger partial charge in [-0.05, 0) is 30.7 Å². The number of allylic oxidation sites excluding steroid dienone is 1. The number of benzene rings is 1. The lowest BCUT2D eigenvalue weighted by atomic mass is 10.1. The van der Waals surface area contributed by atoms with E-state index in [9.17, 15) is 4.79 Å². The van der Waals surface area contributed by atoms with Gasteiger partial charge in [-0.1, -0.05) is 34.1 Å².